The van der Waals surface area contributed by atoms with Crippen LogP contribution in [0.3, 0.4) is 0 Å². The first kappa shape index (κ1) is 14.1. The van der Waals surface area contributed by atoms with Crippen molar-refractivity contribution in [2.45, 2.75) is 12.8 Å². The molecule has 0 spiro atoms. The van der Waals surface area contributed by atoms with Crippen LogP contribution in [0, 0.1) is 5.82 Å². The Morgan fingerprint density at radius 3 is 2.45 bits per heavy atom. The average molecular weight is 272 g/mol. The summed E-state index contributed by atoms with van der Waals surface area (Å²) in [6.07, 6.45) is 0. The van der Waals surface area contributed by atoms with E-state index in [1.165, 1.54) is 12.1 Å². The standard InChI is InChI=1S/C16H17FN2O/c1-12(13-7-3-2-4-8-13)11-18-16(20)19-15-10-6-5-9-14(15)17/h2-10,12H,11H2,1H3,(H2,18,19,20). The van der Waals surface area contributed by atoms with Crippen molar-refractivity contribution in [2.75, 3.05) is 11.9 Å². The van der Waals surface area contributed by atoms with Crippen LogP contribution in [0.2, 0.25) is 0 Å². The number of carbonyl (C=O) groups excluding carboxylic acids is 1. The van der Waals surface area contributed by atoms with Gasteiger partial charge in [0.15, 0.2) is 0 Å². The highest BCUT2D eigenvalue weighted by atomic mass is 19.1. The molecule has 2 amide bonds. The fraction of sp³-hybridized carbons (Fsp3) is 0.188. The summed E-state index contributed by atoms with van der Waals surface area (Å²) in [7, 11) is 0. The fourth-order valence-electron chi connectivity index (χ4n) is 1.87. The third kappa shape index (κ3) is 3.82. The lowest BCUT2D eigenvalue weighted by Crippen LogP contribution is -2.32. The lowest BCUT2D eigenvalue weighted by Gasteiger charge is -2.13. The summed E-state index contributed by atoms with van der Waals surface area (Å²) in [5.74, 6) is -0.249. The Labute approximate surface area is 117 Å². The van der Waals surface area contributed by atoms with E-state index in [9.17, 15) is 9.18 Å². The van der Waals surface area contributed by atoms with Crippen molar-refractivity contribution in [3.63, 3.8) is 0 Å². The number of urea groups is 1. The largest absolute Gasteiger partial charge is 0.337 e. The Kier molecular flexibility index (Phi) is 4.71. The molecule has 0 aliphatic rings. The van der Waals surface area contributed by atoms with E-state index >= 15 is 0 Å². The number of halogens is 1. The Balaban J connectivity index is 1.85. The number of hydrogen-bond donors (Lipinski definition) is 2. The van der Waals surface area contributed by atoms with Gasteiger partial charge in [0.05, 0.1) is 5.69 Å². The predicted octanol–water partition coefficient (Wildman–Crippen LogP) is 3.75. The first-order chi connectivity index (χ1) is 9.66. The number of rotatable bonds is 4. The molecule has 0 aromatic heterocycles. The molecule has 0 saturated heterocycles. The van der Waals surface area contributed by atoms with Gasteiger partial charge in [0, 0.05) is 6.54 Å². The zero-order chi connectivity index (χ0) is 14.4. The zero-order valence-corrected chi connectivity index (χ0v) is 11.3. The van der Waals surface area contributed by atoms with Crippen molar-refractivity contribution < 1.29 is 9.18 Å². The average Bonchev–Trinajstić information content (AvgIpc) is 2.48. The summed E-state index contributed by atoms with van der Waals surface area (Å²) >= 11 is 0. The van der Waals surface area contributed by atoms with Crippen LogP contribution in [0.4, 0.5) is 14.9 Å². The maximum atomic E-state index is 13.4. The van der Waals surface area contributed by atoms with Crippen molar-refractivity contribution in [2.24, 2.45) is 0 Å². The number of nitrogens with one attached hydrogen (secondary N) is 2. The van der Waals surface area contributed by atoms with Crippen LogP contribution in [0.25, 0.3) is 0 Å². The SMILES string of the molecule is CC(CNC(=O)Nc1ccccc1F)c1ccccc1. The minimum atomic E-state index is -0.446. The lowest BCUT2D eigenvalue weighted by atomic mass is 10.0. The Hall–Kier alpha value is -2.36. The van der Waals surface area contributed by atoms with Crippen molar-refractivity contribution >= 4 is 11.7 Å². The minimum absolute atomic E-state index is 0.178. The van der Waals surface area contributed by atoms with Gasteiger partial charge in [0.25, 0.3) is 0 Å². The molecule has 4 heteroatoms. The van der Waals surface area contributed by atoms with E-state index in [-0.39, 0.29) is 11.6 Å². The van der Waals surface area contributed by atoms with Crippen molar-refractivity contribution in [1.29, 1.82) is 0 Å². The molecular weight excluding hydrogens is 255 g/mol. The second-order valence-corrected chi connectivity index (χ2v) is 4.63. The number of para-hydroxylation sites is 1. The van der Waals surface area contributed by atoms with Crippen LogP contribution in [-0.4, -0.2) is 12.6 Å². The van der Waals surface area contributed by atoms with Crippen LogP contribution < -0.4 is 10.6 Å². The molecule has 0 aliphatic heterocycles. The van der Waals surface area contributed by atoms with Gasteiger partial charge in [-0.25, -0.2) is 9.18 Å². The van der Waals surface area contributed by atoms with Gasteiger partial charge in [-0.1, -0.05) is 49.4 Å². The Bertz CT molecular complexity index is 572. The molecule has 104 valence electrons. The molecule has 1 unspecified atom stereocenters. The molecule has 0 radical (unpaired) electrons. The molecule has 0 fully saturated rings. The van der Waals surface area contributed by atoms with Crippen molar-refractivity contribution in [3.05, 3.63) is 66.0 Å². The van der Waals surface area contributed by atoms with Crippen LogP contribution >= 0.6 is 0 Å². The molecule has 0 aliphatic carbocycles. The van der Waals surface area contributed by atoms with Crippen molar-refractivity contribution in [3.8, 4) is 0 Å². The highest BCUT2D eigenvalue weighted by Gasteiger charge is 2.09. The van der Waals surface area contributed by atoms with Crippen LogP contribution in [0.5, 0.6) is 0 Å². The molecule has 2 rings (SSSR count). The van der Waals surface area contributed by atoms with Gasteiger partial charge in [0.2, 0.25) is 0 Å². The molecule has 2 aromatic carbocycles. The monoisotopic (exact) mass is 272 g/mol. The highest BCUT2D eigenvalue weighted by molar-refractivity contribution is 5.89. The number of amides is 2. The summed E-state index contributed by atoms with van der Waals surface area (Å²) in [5.41, 5.74) is 1.33. The summed E-state index contributed by atoms with van der Waals surface area (Å²) in [6, 6.07) is 15.6. The first-order valence-corrected chi connectivity index (χ1v) is 6.51. The van der Waals surface area contributed by atoms with Crippen molar-refractivity contribution in [1.82, 2.24) is 5.32 Å². The second-order valence-electron chi connectivity index (χ2n) is 4.63. The first-order valence-electron chi connectivity index (χ1n) is 6.51. The highest BCUT2D eigenvalue weighted by Crippen LogP contribution is 2.14. The van der Waals surface area contributed by atoms with E-state index in [1.54, 1.807) is 12.1 Å². The maximum Gasteiger partial charge on any atom is 0.319 e. The molecule has 1 atom stereocenters. The van der Waals surface area contributed by atoms with E-state index in [0.29, 0.717) is 6.54 Å². The smallest absolute Gasteiger partial charge is 0.319 e. The third-order valence-corrected chi connectivity index (χ3v) is 3.06. The van der Waals surface area contributed by atoms with E-state index in [2.05, 4.69) is 10.6 Å². The number of anilines is 1. The predicted molar refractivity (Wildman–Crippen MR) is 78.3 cm³/mol. The van der Waals surface area contributed by atoms with E-state index in [1.807, 2.05) is 37.3 Å². The van der Waals surface area contributed by atoms with Gasteiger partial charge >= 0.3 is 6.03 Å². The summed E-state index contributed by atoms with van der Waals surface area (Å²) in [4.78, 5) is 11.7. The Morgan fingerprint density at radius 2 is 1.75 bits per heavy atom. The van der Waals surface area contributed by atoms with E-state index in [0.717, 1.165) is 5.56 Å². The summed E-state index contributed by atoms with van der Waals surface area (Å²) in [5, 5.41) is 5.23. The van der Waals surface area contributed by atoms with Gasteiger partial charge in [-0.15, -0.1) is 0 Å². The quantitative estimate of drug-likeness (QED) is 0.874. The van der Waals surface area contributed by atoms with Crippen LogP contribution in [-0.2, 0) is 0 Å². The van der Waals surface area contributed by atoms with Crippen LogP contribution in [0.15, 0.2) is 54.6 Å². The lowest BCUT2D eigenvalue weighted by molar-refractivity contribution is 0.251. The number of benzene rings is 2. The maximum absolute atomic E-state index is 13.4. The summed E-state index contributed by atoms with van der Waals surface area (Å²) < 4.78 is 13.4. The zero-order valence-electron chi connectivity index (χ0n) is 11.3. The fourth-order valence-corrected chi connectivity index (χ4v) is 1.87. The molecule has 3 nitrogen and oxygen atoms in total. The van der Waals surface area contributed by atoms with E-state index in [4.69, 9.17) is 0 Å². The Morgan fingerprint density at radius 1 is 1.10 bits per heavy atom. The number of hydrogen-bond acceptors (Lipinski definition) is 1. The van der Waals surface area contributed by atoms with E-state index < -0.39 is 11.8 Å². The third-order valence-electron chi connectivity index (χ3n) is 3.06. The number of carbonyl (C=O) groups is 1. The van der Waals surface area contributed by atoms with Crippen LogP contribution in [0.1, 0.15) is 18.4 Å². The topological polar surface area (TPSA) is 41.1 Å². The molecule has 2 aromatic rings. The molecule has 0 saturated carbocycles. The van der Waals surface area contributed by atoms with Gasteiger partial charge in [-0.2, -0.15) is 0 Å². The second kappa shape index (κ2) is 6.70. The van der Waals surface area contributed by atoms with Gasteiger partial charge in [-0.3, -0.25) is 0 Å². The summed E-state index contributed by atoms with van der Waals surface area (Å²) in [6.45, 7) is 2.52. The van der Waals surface area contributed by atoms with Gasteiger partial charge < -0.3 is 10.6 Å². The minimum Gasteiger partial charge on any atom is -0.337 e. The van der Waals surface area contributed by atoms with Gasteiger partial charge in [-0.05, 0) is 23.6 Å². The molecule has 0 heterocycles. The van der Waals surface area contributed by atoms with Gasteiger partial charge in [0.1, 0.15) is 5.82 Å². The molecule has 20 heavy (non-hydrogen) atoms. The molecule has 2 N–H and O–H groups in total. The molecule has 0 bridgehead atoms. The normalized spacial score (nSPS) is 11.7. The molecular formula is C16H17FN2O.